The molecule has 0 aromatic rings. The van der Waals surface area contributed by atoms with Gasteiger partial charge in [-0.05, 0) is 18.8 Å². The molecule has 104 valence electrons. The lowest BCUT2D eigenvalue weighted by Crippen LogP contribution is -1.97. The van der Waals surface area contributed by atoms with Crippen molar-refractivity contribution in [3.05, 3.63) is 0 Å². The number of hydrogen-bond donors (Lipinski definition) is 0. The molecule has 0 aliphatic heterocycles. The summed E-state index contributed by atoms with van der Waals surface area (Å²) >= 11 is 0. The first-order valence-electron chi connectivity index (χ1n) is 7.89. The molecule has 0 amide bonds. The van der Waals surface area contributed by atoms with Crippen LogP contribution < -0.4 is 0 Å². The lowest BCUT2D eigenvalue weighted by molar-refractivity contribution is 0.125. The van der Waals surface area contributed by atoms with Crippen LogP contribution in [-0.4, -0.2) is 13.2 Å². The van der Waals surface area contributed by atoms with Crippen LogP contribution in [0.4, 0.5) is 0 Å². The molecule has 0 aliphatic carbocycles. The first-order chi connectivity index (χ1) is 8.31. The third kappa shape index (κ3) is 13.9. The fraction of sp³-hybridized carbons (Fsp3) is 1.00. The van der Waals surface area contributed by atoms with Crippen LogP contribution in [0.2, 0.25) is 0 Å². The second kappa shape index (κ2) is 14.0. The maximum Gasteiger partial charge on any atom is 0.0466 e. The Morgan fingerprint density at radius 1 is 0.765 bits per heavy atom. The summed E-state index contributed by atoms with van der Waals surface area (Å²) < 4.78 is 5.63. The van der Waals surface area contributed by atoms with Crippen molar-refractivity contribution in [1.82, 2.24) is 0 Å². The molecule has 1 nitrogen and oxygen atoms in total. The van der Waals surface area contributed by atoms with E-state index in [1.807, 2.05) is 0 Å². The van der Waals surface area contributed by atoms with Crippen LogP contribution in [0.1, 0.15) is 85.0 Å². The maximum absolute atomic E-state index is 5.63. The molecule has 0 N–H and O–H groups in total. The minimum absolute atomic E-state index is 0.921. The molecule has 0 bridgehead atoms. The van der Waals surface area contributed by atoms with Crippen molar-refractivity contribution in [2.24, 2.45) is 5.92 Å². The molecular formula is C16H34O. The van der Waals surface area contributed by atoms with E-state index < -0.39 is 0 Å². The second-order valence-corrected chi connectivity index (χ2v) is 5.39. The third-order valence-electron chi connectivity index (χ3n) is 3.57. The molecule has 17 heavy (non-hydrogen) atoms. The first kappa shape index (κ1) is 17.0. The van der Waals surface area contributed by atoms with Gasteiger partial charge in [0.25, 0.3) is 0 Å². The standard InChI is InChI=1S/C16H34O/c1-4-6-7-11-14-17-15-12-9-8-10-13-16(3)5-2/h16H,4-15H2,1-3H3. The quantitative estimate of drug-likeness (QED) is 0.383. The van der Waals surface area contributed by atoms with Gasteiger partial charge in [0, 0.05) is 13.2 Å². The van der Waals surface area contributed by atoms with Crippen LogP contribution in [0.5, 0.6) is 0 Å². The van der Waals surface area contributed by atoms with Crippen molar-refractivity contribution in [1.29, 1.82) is 0 Å². The normalized spacial score (nSPS) is 12.9. The van der Waals surface area contributed by atoms with Gasteiger partial charge in [0.05, 0.1) is 0 Å². The van der Waals surface area contributed by atoms with Crippen molar-refractivity contribution < 1.29 is 4.74 Å². The van der Waals surface area contributed by atoms with Gasteiger partial charge in [-0.15, -0.1) is 0 Å². The highest BCUT2D eigenvalue weighted by Gasteiger charge is 1.98. The number of hydrogen-bond acceptors (Lipinski definition) is 1. The molecule has 0 saturated carbocycles. The summed E-state index contributed by atoms with van der Waals surface area (Å²) in [5, 5.41) is 0. The lowest BCUT2D eigenvalue weighted by atomic mass is 10.0. The van der Waals surface area contributed by atoms with Gasteiger partial charge in [-0.2, -0.15) is 0 Å². The fourth-order valence-electron chi connectivity index (χ4n) is 1.99. The Morgan fingerprint density at radius 2 is 1.35 bits per heavy atom. The smallest absolute Gasteiger partial charge is 0.0466 e. The van der Waals surface area contributed by atoms with Crippen molar-refractivity contribution >= 4 is 0 Å². The fourth-order valence-corrected chi connectivity index (χ4v) is 1.99. The summed E-state index contributed by atoms with van der Waals surface area (Å²) in [6.07, 6.45) is 13.4. The molecule has 0 spiro atoms. The van der Waals surface area contributed by atoms with E-state index in [1.54, 1.807) is 0 Å². The predicted octanol–water partition coefficient (Wildman–Crippen LogP) is 5.58. The molecular weight excluding hydrogens is 208 g/mol. The highest BCUT2D eigenvalue weighted by Crippen LogP contribution is 2.12. The van der Waals surface area contributed by atoms with E-state index in [9.17, 15) is 0 Å². The molecule has 0 rings (SSSR count). The van der Waals surface area contributed by atoms with Gasteiger partial charge < -0.3 is 4.74 Å². The van der Waals surface area contributed by atoms with E-state index in [0.717, 1.165) is 19.1 Å². The summed E-state index contributed by atoms with van der Waals surface area (Å²) in [5.74, 6) is 0.921. The van der Waals surface area contributed by atoms with Crippen LogP contribution >= 0.6 is 0 Å². The van der Waals surface area contributed by atoms with Crippen LogP contribution in [0, 0.1) is 5.92 Å². The summed E-state index contributed by atoms with van der Waals surface area (Å²) in [6.45, 7) is 8.86. The largest absolute Gasteiger partial charge is 0.381 e. The van der Waals surface area contributed by atoms with Crippen LogP contribution in [0.3, 0.4) is 0 Å². The van der Waals surface area contributed by atoms with Gasteiger partial charge in [0.2, 0.25) is 0 Å². The molecule has 0 radical (unpaired) electrons. The molecule has 1 heteroatoms. The lowest BCUT2D eigenvalue weighted by Gasteiger charge is -2.07. The molecule has 0 aromatic heterocycles. The molecule has 0 heterocycles. The Morgan fingerprint density at radius 3 is 1.94 bits per heavy atom. The van der Waals surface area contributed by atoms with Crippen LogP contribution in [-0.2, 0) is 4.74 Å². The summed E-state index contributed by atoms with van der Waals surface area (Å²) in [7, 11) is 0. The molecule has 0 aromatic carbocycles. The minimum Gasteiger partial charge on any atom is -0.381 e. The van der Waals surface area contributed by atoms with Gasteiger partial charge in [0.15, 0.2) is 0 Å². The SMILES string of the molecule is CCCCCCOCCCCCCC(C)CC. The van der Waals surface area contributed by atoms with E-state index in [-0.39, 0.29) is 0 Å². The zero-order valence-corrected chi connectivity index (χ0v) is 12.5. The Balaban J connectivity index is 2.94. The van der Waals surface area contributed by atoms with E-state index in [1.165, 1.54) is 64.2 Å². The predicted molar refractivity (Wildman–Crippen MR) is 77.5 cm³/mol. The topological polar surface area (TPSA) is 9.23 Å². The monoisotopic (exact) mass is 242 g/mol. The summed E-state index contributed by atoms with van der Waals surface area (Å²) in [5.41, 5.74) is 0. The van der Waals surface area contributed by atoms with Gasteiger partial charge in [-0.25, -0.2) is 0 Å². The average molecular weight is 242 g/mol. The molecule has 0 fully saturated rings. The van der Waals surface area contributed by atoms with Crippen molar-refractivity contribution in [3.63, 3.8) is 0 Å². The van der Waals surface area contributed by atoms with Crippen LogP contribution in [0.15, 0.2) is 0 Å². The van der Waals surface area contributed by atoms with Gasteiger partial charge in [-0.1, -0.05) is 72.1 Å². The average Bonchev–Trinajstić information content (AvgIpc) is 2.35. The summed E-state index contributed by atoms with van der Waals surface area (Å²) in [4.78, 5) is 0. The van der Waals surface area contributed by atoms with Gasteiger partial charge in [-0.3, -0.25) is 0 Å². The third-order valence-corrected chi connectivity index (χ3v) is 3.57. The Labute approximate surface area is 109 Å². The number of rotatable bonds is 13. The zero-order valence-electron chi connectivity index (χ0n) is 12.5. The second-order valence-electron chi connectivity index (χ2n) is 5.39. The molecule has 0 aliphatic rings. The van der Waals surface area contributed by atoms with E-state index in [0.29, 0.717) is 0 Å². The molecule has 1 unspecified atom stereocenters. The zero-order chi connectivity index (χ0) is 12.8. The molecule has 0 saturated heterocycles. The van der Waals surface area contributed by atoms with Crippen molar-refractivity contribution in [2.75, 3.05) is 13.2 Å². The Kier molecular flexibility index (Phi) is 14.0. The number of ether oxygens (including phenoxy) is 1. The Hall–Kier alpha value is -0.0400. The van der Waals surface area contributed by atoms with Gasteiger partial charge >= 0.3 is 0 Å². The van der Waals surface area contributed by atoms with Gasteiger partial charge in [0.1, 0.15) is 0 Å². The van der Waals surface area contributed by atoms with E-state index >= 15 is 0 Å². The molecule has 1 atom stereocenters. The van der Waals surface area contributed by atoms with E-state index in [2.05, 4.69) is 20.8 Å². The number of unbranched alkanes of at least 4 members (excludes halogenated alkanes) is 6. The maximum atomic E-state index is 5.63. The highest BCUT2D eigenvalue weighted by atomic mass is 16.5. The van der Waals surface area contributed by atoms with Crippen LogP contribution in [0.25, 0.3) is 0 Å². The van der Waals surface area contributed by atoms with Crippen molar-refractivity contribution in [2.45, 2.75) is 85.0 Å². The Bertz CT molecular complexity index is 133. The van der Waals surface area contributed by atoms with E-state index in [4.69, 9.17) is 4.74 Å². The summed E-state index contributed by atoms with van der Waals surface area (Å²) in [6, 6.07) is 0. The minimum atomic E-state index is 0.921. The first-order valence-corrected chi connectivity index (χ1v) is 7.89. The highest BCUT2D eigenvalue weighted by molar-refractivity contribution is 4.51. The van der Waals surface area contributed by atoms with Crippen molar-refractivity contribution in [3.8, 4) is 0 Å².